The van der Waals surface area contributed by atoms with Gasteiger partial charge in [0.15, 0.2) is 5.82 Å². The maximum atomic E-state index is 13.2. The molecular formula is C8H6Cl3FN2. The smallest absolute Gasteiger partial charge is 0.151 e. The first-order chi connectivity index (χ1) is 6.54. The van der Waals surface area contributed by atoms with E-state index in [0.29, 0.717) is 0 Å². The number of halogens is 4. The first-order valence-electron chi connectivity index (χ1n) is 3.58. The van der Waals surface area contributed by atoms with Crippen molar-refractivity contribution < 1.29 is 4.39 Å². The second kappa shape index (κ2) is 4.82. The van der Waals surface area contributed by atoms with Gasteiger partial charge in [-0.2, -0.15) is 0 Å². The molecule has 14 heavy (non-hydrogen) atoms. The van der Waals surface area contributed by atoms with E-state index in [4.69, 9.17) is 40.5 Å². The molecule has 0 amide bonds. The minimum atomic E-state index is -0.629. The van der Waals surface area contributed by atoms with Crippen LogP contribution in [0.25, 0.3) is 0 Å². The van der Waals surface area contributed by atoms with Crippen LogP contribution in [0.3, 0.4) is 0 Å². The summed E-state index contributed by atoms with van der Waals surface area (Å²) in [4.78, 5) is 3.71. The molecule has 0 heterocycles. The molecule has 0 aliphatic rings. The summed E-state index contributed by atoms with van der Waals surface area (Å²) in [5.41, 5.74) is 5.29. The molecule has 1 aromatic rings. The second-order valence-electron chi connectivity index (χ2n) is 2.45. The minimum Gasteiger partial charge on any atom is -0.386 e. The summed E-state index contributed by atoms with van der Waals surface area (Å²) in [6.07, 6.45) is 0. The fourth-order valence-electron chi connectivity index (χ4n) is 0.815. The number of hydrogen-bond donors (Lipinski definition) is 1. The topological polar surface area (TPSA) is 38.4 Å². The molecule has 0 aromatic heterocycles. The number of amidine groups is 1. The number of benzene rings is 1. The summed E-state index contributed by atoms with van der Waals surface area (Å²) >= 11 is 16.7. The summed E-state index contributed by atoms with van der Waals surface area (Å²) in [6, 6.07) is 2.49. The maximum Gasteiger partial charge on any atom is 0.151 e. The third-order valence-electron chi connectivity index (χ3n) is 1.37. The number of hydrogen-bond acceptors (Lipinski definition) is 1. The van der Waals surface area contributed by atoms with Crippen LogP contribution in [0, 0.1) is 5.82 Å². The Balaban J connectivity index is 3.21. The molecule has 0 saturated heterocycles. The standard InChI is InChI=1S/C8H6Cl3FN2/c9-3-7(13)14-8-5(11)1-4(10)2-6(8)12/h1-2H,3H2,(H2,13,14). The monoisotopic (exact) mass is 254 g/mol. The van der Waals surface area contributed by atoms with Crippen LogP contribution in [0.15, 0.2) is 17.1 Å². The third-order valence-corrected chi connectivity index (χ3v) is 2.15. The summed E-state index contributed by atoms with van der Waals surface area (Å²) < 4.78 is 13.2. The van der Waals surface area contributed by atoms with Gasteiger partial charge in [-0.3, -0.25) is 0 Å². The molecule has 0 saturated carbocycles. The molecule has 0 unspecified atom stereocenters. The van der Waals surface area contributed by atoms with Gasteiger partial charge in [0, 0.05) is 5.02 Å². The summed E-state index contributed by atoms with van der Waals surface area (Å²) in [5.74, 6) is -0.524. The Morgan fingerprint density at radius 1 is 1.43 bits per heavy atom. The lowest BCUT2D eigenvalue weighted by Crippen LogP contribution is -2.12. The first kappa shape index (κ1) is 11.6. The highest BCUT2D eigenvalue weighted by molar-refractivity contribution is 6.36. The second-order valence-corrected chi connectivity index (χ2v) is 3.57. The highest BCUT2D eigenvalue weighted by Gasteiger charge is 2.08. The lowest BCUT2D eigenvalue weighted by molar-refractivity contribution is 0.630. The number of alkyl halides is 1. The highest BCUT2D eigenvalue weighted by atomic mass is 35.5. The van der Waals surface area contributed by atoms with E-state index in [0.717, 1.165) is 6.07 Å². The lowest BCUT2D eigenvalue weighted by atomic mass is 10.3. The van der Waals surface area contributed by atoms with Crippen molar-refractivity contribution in [1.29, 1.82) is 0 Å². The molecule has 2 N–H and O–H groups in total. The van der Waals surface area contributed by atoms with Gasteiger partial charge in [0.05, 0.1) is 10.9 Å². The van der Waals surface area contributed by atoms with Gasteiger partial charge in [-0.25, -0.2) is 9.38 Å². The summed E-state index contributed by atoms with van der Waals surface area (Å²) in [7, 11) is 0. The SMILES string of the molecule is NC(CCl)=Nc1c(F)cc(Cl)cc1Cl. The zero-order valence-electron chi connectivity index (χ0n) is 6.90. The van der Waals surface area contributed by atoms with Crippen molar-refractivity contribution in [3.8, 4) is 0 Å². The van der Waals surface area contributed by atoms with Gasteiger partial charge in [0.2, 0.25) is 0 Å². The zero-order valence-corrected chi connectivity index (χ0v) is 9.17. The average molecular weight is 256 g/mol. The van der Waals surface area contributed by atoms with E-state index in [-0.39, 0.29) is 27.4 Å². The van der Waals surface area contributed by atoms with Crippen molar-refractivity contribution in [3.63, 3.8) is 0 Å². The summed E-state index contributed by atoms with van der Waals surface area (Å²) in [5, 5.41) is 0.305. The third kappa shape index (κ3) is 2.74. The van der Waals surface area contributed by atoms with Gasteiger partial charge in [0.1, 0.15) is 11.5 Å². The van der Waals surface area contributed by atoms with Gasteiger partial charge in [-0.05, 0) is 12.1 Å². The van der Waals surface area contributed by atoms with Crippen molar-refractivity contribution in [2.24, 2.45) is 10.7 Å². The molecule has 0 atom stereocenters. The van der Waals surface area contributed by atoms with Crippen molar-refractivity contribution in [1.82, 2.24) is 0 Å². The van der Waals surface area contributed by atoms with Gasteiger partial charge in [-0.15, -0.1) is 11.6 Å². The van der Waals surface area contributed by atoms with Crippen LogP contribution in [-0.4, -0.2) is 11.7 Å². The minimum absolute atomic E-state index is 0.0123. The average Bonchev–Trinajstić information content (AvgIpc) is 2.10. The number of aliphatic imine (C=N–C) groups is 1. The van der Waals surface area contributed by atoms with E-state index < -0.39 is 5.82 Å². The Morgan fingerprint density at radius 2 is 2.07 bits per heavy atom. The molecule has 0 aliphatic heterocycles. The number of nitrogens with zero attached hydrogens (tertiary/aromatic N) is 1. The van der Waals surface area contributed by atoms with Gasteiger partial charge in [0.25, 0.3) is 0 Å². The molecule has 0 radical (unpaired) electrons. The molecule has 76 valence electrons. The van der Waals surface area contributed by atoms with Crippen LogP contribution in [-0.2, 0) is 0 Å². The van der Waals surface area contributed by atoms with E-state index in [1.54, 1.807) is 0 Å². The van der Waals surface area contributed by atoms with Crippen molar-refractivity contribution in [2.75, 3.05) is 5.88 Å². The Kier molecular flexibility index (Phi) is 3.98. The molecule has 1 rings (SSSR count). The van der Waals surface area contributed by atoms with Gasteiger partial charge in [-0.1, -0.05) is 23.2 Å². The predicted molar refractivity (Wildman–Crippen MR) is 58.4 cm³/mol. The largest absolute Gasteiger partial charge is 0.386 e. The predicted octanol–water partition coefficient (Wildman–Crippen LogP) is 3.36. The Bertz CT molecular complexity index is 356. The zero-order chi connectivity index (χ0) is 10.7. The van der Waals surface area contributed by atoms with Crippen LogP contribution >= 0.6 is 34.8 Å². The molecule has 0 spiro atoms. The molecule has 1 aromatic carbocycles. The van der Waals surface area contributed by atoms with Crippen LogP contribution in [0.4, 0.5) is 10.1 Å². The molecule has 6 heteroatoms. The van der Waals surface area contributed by atoms with Crippen molar-refractivity contribution >= 4 is 46.3 Å². The highest BCUT2D eigenvalue weighted by Crippen LogP contribution is 2.31. The molecule has 2 nitrogen and oxygen atoms in total. The van der Waals surface area contributed by atoms with Crippen LogP contribution < -0.4 is 5.73 Å². The van der Waals surface area contributed by atoms with E-state index in [9.17, 15) is 4.39 Å². The Morgan fingerprint density at radius 3 is 2.57 bits per heavy atom. The first-order valence-corrected chi connectivity index (χ1v) is 4.87. The van der Waals surface area contributed by atoms with Crippen molar-refractivity contribution in [2.45, 2.75) is 0 Å². The summed E-state index contributed by atoms with van der Waals surface area (Å²) in [6.45, 7) is 0. The molecule has 0 aliphatic carbocycles. The molecule has 0 fully saturated rings. The maximum absolute atomic E-state index is 13.2. The van der Waals surface area contributed by atoms with E-state index in [2.05, 4.69) is 4.99 Å². The number of rotatable bonds is 2. The number of nitrogens with two attached hydrogens (primary N) is 1. The van der Waals surface area contributed by atoms with E-state index in [1.165, 1.54) is 6.07 Å². The van der Waals surface area contributed by atoms with E-state index in [1.807, 2.05) is 0 Å². The fraction of sp³-hybridized carbons (Fsp3) is 0.125. The van der Waals surface area contributed by atoms with Gasteiger partial charge >= 0.3 is 0 Å². The Hall–Kier alpha value is -0.510. The lowest BCUT2D eigenvalue weighted by Gasteiger charge is -2.02. The fourth-order valence-corrected chi connectivity index (χ4v) is 1.39. The van der Waals surface area contributed by atoms with Crippen LogP contribution in [0.2, 0.25) is 10.0 Å². The molecule has 0 bridgehead atoms. The van der Waals surface area contributed by atoms with Crippen molar-refractivity contribution in [3.05, 3.63) is 28.0 Å². The Labute approximate surface area is 95.5 Å². The van der Waals surface area contributed by atoms with Gasteiger partial charge < -0.3 is 5.73 Å². The molecular weight excluding hydrogens is 249 g/mol. The van der Waals surface area contributed by atoms with E-state index >= 15 is 0 Å². The quantitative estimate of drug-likeness (QED) is 0.491. The normalized spacial score (nSPS) is 11.9. The van der Waals surface area contributed by atoms with Crippen LogP contribution in [0.1, 0.15) is 0 Å². The van der Waals surface area contributed by atoms with Crippen LogP contribution in [0.5, 0.6) is 0 Å².